The van der Waals surface area contributed by atoms with Crippen LogP contribution in [0.1, 0.15) is 28.4 Å². The van der Waals surface area contributed by atoms with Crippen LogP contribution in [0.25, 0.3) is 11.3 Å². The monoisotopic (exact) mass is 491 g/mol. The summed E-state index contributed by atoms with van der Waals surface area (Å²) in [5.41, 5.74) is -4.13. The van der Waals surface area contributed by atoms with Crippen LogP contribution in [-0.4, -0.2) is 76.9 Å². The van der Waals surface area contributed by atoms with E-state index in [0.29, 0.717) is 38.3 Å². The molecule has 1 fully saturated rings. The number of alkyl halides is 6. The minimum atomic E-state index is -5.11. The van der Waals surface area contributed by atoms with Crippen molar-refractivity contribution in [1.82, 2.24) is 20.0 Å². The van der Waals surface area contributed by atoms with E-state index in [9.17, 15) is 36.2 Å². The molecule has 0 unspecified atom stereocenters. The Labute approximate surface area is 191 Å². The van der Waals surface area contributed by atoms with Crippen molar-refractivity contribution >= 4 is 11.7 Å². The molecule has 2 heterocycles. The quantitative estimate of drug-likeness (QED) is 0.625. The molecule has 1 aliphatic rings. The van der Waals surface area contributed by atoms with Crippen LogP contribution >= 0.6 is 0 Å². The number of piperazine rings is 1. The number of nitrogens with zero attached hydrogens (tertiary/aromatic N) is 4. The number of carbonyl (C=O) groups excluding carboxylic acids is 1. The third-order valence-corrected chi connectivity index (χ3v) is 5.31. The molecule has 0 radical (unpaired) electrons. The van der Waals surface area contributed by atoms with E-state index in [4.69, 9.17) is 0 Å². The van der Waals surface area contributed by atoms with Gasteiger partial charge in [-0.25, -0.2) is 0 Å². The topological polar surface area (TPSA) is 81.6 Å². The molecule has 1 aromatic heterocycles. The van der Waals surface area contributed by atoms with E-state index in [-0.39, 0.29) is 24.0 Å². The van der Waals surface area contributed by atoms with E-state index in [0.717, 1.165) is 6.07 Å². The van der Waals surface area contributed by atoms with Crippen molar-refractivity contribution in [2.45, 2.75) is 25.4 Å². The highest BCUT2D eigenvalue weighted by Gasteiger charge is 2.39. The molecule has 1 atom stereocenters. The number of rotatable bonds is 5. The normalized spacial score (nSPS) is 16.4. The summed E-state index contributed by atoms with van der Waals surface area (Å²) in [6.45, 7) is 3.39. The van der Waals surface area contributed by atoms with Crippen LogP contribution in [0, 0.1) is 0 Å². The fourth-order valence-corrected chi connectivity index (χ4v) is 3.42. The van der Waals surface area contributed by atoms with E-state index in [2.05, 4.69) is 15.5 Å². The van der Waals surface area contributed by atoms with Gasteiger partial charge in [-0.1, -0.05) is 6.07 Å². The molecule has 7 nitrogen and oxygen atoms in total. The summed E-state index contributed by atoms with van der Waals surface area (Å²) < 4.78 is 80.0. The maximum atomic E-state index is 13.6. The number of hydrogen-bond donors (Lipinski definition) is 2. The number of amides is 1. The van der Waals surface area contributed by atoms with E-state index in [1.165, 1.54) is 11.8 Å². The predicted molar refractivity (Wildman–Crippen MR) is 111 cm³/mol. The first-order chi connectivity index (χ1) is 15.8. The molecule has 3 rings (SSSR count). The Morgan fingerprint density at radius 2 is 1.71 bits per heavy atom. The van der Waals surface area contributed by atoms with Crippen LogP contribution in [0.4, 0.5) is 32.2 Å². The van der Waals surface area contributed by atoms with Gasteiger partial charge in [0.2, 0.25) is 0 Å². The third-order valence-electron chi connectivity index (χ3n) is 5.31. The fraction of sp³-hybridized carbons (Fsp3) is 0.476. The Hall–Kier alpha value is -2.93. The van der Waals surface area contributed by atoms with Crippen LogP contribution in [0.5, 0.6) is 0 Å². The molecule has 0 spiro atoms. The molecular formula is C21H23F6N5O2. The zero-order valence-electron chi connectivity index (χ0n) is 18.3. The van der Waals surface area contributed by atoms with Crippen LogP contribution in [0.15, 0.2) is 24.3 Å². The number of halogens is 6. The number of benzene rings is 1. The van der Waals surface area contributed by atoms with Gasteiger partial charge in [0.05, 0.1) is 28.5 Å². The first kappa shape index (κ1) is 25.7. The van der Waals surface area contributed by atoms with E-state index in [1.54, 1.807) is 0 Å². The highest BCUT2D eigenvalue weighted by Crippen LogP contribution is 2.40. The Bertz CT molecular complexity index is 1030. The summed E-state index contributed by atoms with van der Waals surface area (Å²) in [6.07, 6.45) is -10.9. The van der Waals surface area contributed by atoms with Crippen molar-refractivity contribution in [3.05, 3.63) is 41.0 Å². The lowest BCUT2D eigenvalue weighted by molar-refractivity contribution is -0.142. The average Bonchev–Trinajstić information content (AvgIpc) is 2.76. The summed E-state index contributed by atoms with van der Waals surface area (Å²) >= 11 is 0. The van der Waals surface area contributed by atoms with Gasteiger partial charge < -0.3 is 20.2 Å². The minimum absolute atomic E-state index is 0.00880. The van der Waals surface area contributed by atoms with E-state index in [1.807, 2.05) is 11.9 Å². The van der Waals surface area contributed by atoms with Crippen molar-refractivity contribution in [2.75, 3.05) is 45.1 Å². The summed E-state index contributed by atoms with van der Waals surface area (Å²) in [5.74, 6) is -0.563. The lowest BCUT2D eigenvalue weighted by atomic mass is 9.99. The molecule has 2 aromatic rings. The highest BCUT2D eigenvalue weighted by atomic mass is 19.4. The van der Waals surface area contributed by atoms with Gasteiger partial charge in [0.25, 0.3) is 5.91 Å². The van der Waals surface area contributed by atoms with Gasteiger partial charge in [-0.2, -0.15) is 26.3 Å². The van der Waals surface area contributed by atoms with Gasteiger partial charge in [-0.3, -0.25) is 4.79 Å². The maximum absolute atomic E-state index is 13.6. The van der Waals surface area contributed by atoms with Crippen molar-refractivity contribution in [1.29, 1.82) is 0 Å². The number of anilines is 1. The molecule has 2 N–H and O–H groups in total. The molecular weight excluding hydrogens is 468 g/mol. The molecule has 0 saturated carbocycles. The second kappa shape index (κ2) is 9.74. The molecule has 186 valence electrons. The van der Waals surface area contributed by atoms with Gasteiger partial charge in [0.15, 0.2) is 5.82 Å². The zero-order valence-corrected chi connectivity index (χ0v) is 18.3. The van der Waals surface area contributed by atoms with Gasteiger partial charge in [0, 0.05) is 38.3 Å². The molecule has 1 aromatic carbocycles. The number of nitrogens with one attached hydrogen (secondary N) is 1. The molecule has 1 aliphatic heterocycles. The SMILES string of the molecule is C[C@@H](O)CNc1nnc(-c2ccc(C(F)(F)F)cc2C(F)(F)F)cc1C(=O)N1CCN(C)CC1. The smallest absolute Gasteiger partial charge is 0.392 e. The van der Waals surface area contributed by atoms with Gasteiger partial charge in [0.1, 0.15) is 0 Å². The molecule has 0 aliphatic carbocycles. The summed E-state index contributed by atoms with van der Waals surface area (Å²) in [4.78, 5) is 16.7. The van der Waals surface area contributed by atoms with Crippen molar-refractivity contribution in [3.8, 4) is 11.3 Å². The number of likely N-dealkylation sites (N-methyl/N-ethyl adjacent to an activating group) is 1. The second-order valence-electron chi connectivity index (χ2n) is 8.07. The first-order valence-corrected chi connectivity index (χ1v) is 10.3. The Morgan fingerprint density at radius 3 is 2.26 bits per heavy atom. The Morgan fingerprint density at radius 1 is 1.06 bits per heavy atom. The Kier molecular flexibility index (Phi) is 7.36. The molecule has 1 saturated heterocycles. The lowest BCUT2D eigenvalue weighted by Crippen LogP contribution is -2.47. The van der Waals surface area contributed by atoms with Crippen LogP contribution in [0.3, 0.4) is 0 Å². The zero-order chi connectivity index (χ0) is 25.3. The predicted octanol–water partition coefficient (Wildman–Crippen LogP) is 3.36. The summed E-state index contributed by atoms with van der Waals surface area (Å²) in [6, 6.07) is 2.28. The molecule has 1 amide bonds. The number of aromatic nitrogens is 2. The average molecular weight is 491 g/mol. The van der Waals surface area contributed by atoms with E-state index < -0.39 is 46.7 Å². The maximum Gasteiger partial charge on any atom is 0.417 e. The summed E-state index contributed by atoms with van der Waals surface area (Å²) in [7, 11) is 1.88. The number of hydrogen-bond acceptors (Lipinski definition) is 6. The largest absolute Gasteiger partial charge is 0.417 e. The second-order valence-corrected chi connectivity index (χ2v) is 8.07. The van der Waals surface area contributed by atoms with Crippen molar-refractivity contribution in [2.24, 2.45) is 0 Å². The molecule has 34 heavy (non-hydrogen) atoms. The van der Waals surface area contributed by atoms with E-state index >= 15 is 0 Å². The lowest BCUT2D eigenvalue weighted by Gasteiger charge is -2.32. The Balaban J connectivity index is 2.09. The minimum Gasteiger partial charge on any atom is -0.392 e. The summed E-state index contributed by atoms with van der Waals surface area (Å²) in [5, 5.41) is 19.9. The van der Waals surface area contributed by atoms with Crippen LogP contribution in [0.2, 0.25) is 0 Å². The van der Waals surface area contributed by atoms with Crippen LogP contribution in [-0.2, 0) is 12.4 Å². The van der Waals surface area contributed by atoms with Gasteiger partial charge in [-0.15, -0.1) is 10.2 Å². The van der Waals surface area contributed by atoms with Gasteiger partial charge >= 0.3 is 12.4 Å². The highest BCUT2D eigenvalue weighted by molar-refractivity contribution is 5.99. The third kappa shape index (κ3) is 5.95. The number of carbonyl (C=O) groups is 1. The van der Waals surface area contributed by atoms with Crippen LogP contribution < -0.4 is 5.32 Å². The number of aliphatic hydroxyl groups is 1. The fourth-order valence-electron chi connectivity index (χ4n) is 3.42. The standard InChI is InChI=1S/C21H23F6N5O2/c1-12(33)11-28-18-15(19(34)32-7-5-31(2)6-8-32)10-17(29-30-18)14-4-3-13(20(22,23)24)9-16(14)21(25,26)27/h3-4,9-10,12,33H,5-8,11H2,1-2H3,(H,28,30)/t12-/m1/s1. The van der Waals surface area contributed by atoms with Gasteiger partial charge in [-0.05, 0) is 32.2 Å². The number of aliphatic hydroxyl groups excluding tert-OH is 1. The molecule has 0 bridgehead atoms. The first-order valence-electron chi connectivity index (χ1n) is 10.3. The van der Waals surface area contributed by atoms with Crippen molar-refractivity contribution in [3.63, 3.8) is 0 Å². The molecule has 13 heteroatoms. The van der Waals surface area contributed by atoms with Crippen molar-refractivity contribution < 1.29 is 36.2 Å².